The van der Waals surface area contributed by atoms with Gasteiger partial charge in [-0.1, -0.05) is 31.2 Å². The Hall–Kier alpha value is -2.50. The lowest BCUT2D eigenvalue weighted by molar-refractivity contribution is 0.796. The van der Waals surface area contributed by atoms with Crippen molar-refractivity contribution in [2.45, 2.75) is 26.7 Å². The van der Waals surface area contributed by atoms with Gasteiger partial charge in [-0.2, -0.15) is 4.98 Å². The number of likely N-dealkylation sites (N-methyl/N-ethyl adjacent to an activating group) is 1. The third-order valence-corrected chi connectivity index (χ3v) is 6.20. The summed E-state index contributed by atoms with van der Waals surface area (Å²) in [6.07, 6.45) is 5.63. The van der Waals surface area contributed by atoms with Gasteiger partial charge in [-0.15, -0.1) is 11.3 Å². The summed E-state index contributed by atoms with van der Waals surface area (Å²) in [5, 5.41) is 3.54. The van der Waals surface area contributed by atoms with E-state index in [4.69, 9.17) is 11.6 Å². The van der Waals surface area contributed by atoms with Crippen LogP contribution in [0.3, 0.4) is 0 Å². The zero-order chi connectivity index (χ0) is 20.2. The Morgan fingerprint density at radius 1 is 0.966 bits per heavy atom. The number of hydrogen-bond donors (Lipinski definition) is 0. The van der Waals surface area contributed by atoms with Crippen LogP contribution in [-0.2, 0) is 12.8 Å². The Kier molecular flexibility index (Phi) is 6.07. The minimum absolute atomic E-state index is 0.296. The number of hydrogen-bond acceptors (Lipinski definition) is 5. The molecule has 29 heavy (non-hydrogen) atoms. The SMILES string of the molecule is CCc1ccc(-c2csc3nc(Cl)nc(N(CC)CCc4ccncc4)c23)cc1. The molecule has 0 aliphatic carbocycles. The number of pyridine rings is 1. The number of thiophene rings is 1. The number of aryl methyl sites for hydroxylation is 1. The van der Waals surface area contributed by atoms with Crippen LogP contribution in [0, 0.1) is 0 Å². The molecule has 0 saturated carbocycles. The van der Waals surface area contributed by atoms with Crippen LogP contribution in [-0.4, -0.2) is 28.0 Å². The van der Waals surface area contributed by atoms with Gasteiger partial charge in [0.05, 0.1) is 5.39 Å². The third-order valence-electron chi connectivity index (χ3n) is 5.16. The van der Waals surface area contributed by atoms with Crippen molar-refractivity contribution in [1.82, 2.24) is 15.0 Å². The maximum Gasteiger partial charge on any atom is 0.225 e. The molecule has 3 aromatic heterocycles. The van der Waals surface area contributed by atoms with Crippen LogP contribution in [0.2, 0.25) is 5.28 Å². The third kappa shape index (κ3) is 4.26. The number of fused-ring (bicyclic) bond motifs is 1. The molecule has 4 rings (SSSR count). The van der Waals surface area contributed by atoms with E-state index in [2.05, 4.69) is 75.5 Å². The molecule has 0 saturated heterocycles. The van der Waals surface area contributed by atoms with Crippen molar-refractivity contribution in [2.24, 2.45) is 0 Å². The predicted molar refractivity (Wildman–Crippen MR) is 123 cm³/mol. The lowest BCUT2D eigenvalue weighted by atomic mass is 10.0. The zero-order valence-electron chi connectivity index (χ0n) is 16.6. The monoisotopic (exact) mass is 422 g/mol. The van der Waals surface area contributed by atoms with Gasteiger partial charge in [-0.25, -0.2) is 4.98 Å². The molecule has 0 aliphatic heterocycles. The molecule has 0 radical (unpaired) electrons. The normalized spacial score (nSPS) is 11.1. The van der Waals surface area contributed by atoms with Gasteiger partial charge in [-0.05, 0) is 60.2 Å². The van der Waals surface area contributed by atoms with Crippen LogP contribution in [0.5, 0.6) is 0 Å². The smallest absolute Gasteiger partial charge is 0.225 e. The van der Waals surface area contributed by atoms with E-state index in [0.717, 1.165) is 42.0 Å². The molecule has 148 valence electrons. The van der Waals surface area contributed by atoms with Crippen molar-refractivity contribution in [2.75, 3.05) is 18.0 Å². The van der Waals surface area contributed by atoms with E-state index in [-0.39, 0.29) is 0 Å². The Morgan fingerprint density at radius 3 is 2.41 bits per heavy atom. The van der Waals surface area contributed by atoms with Crippen molar-refractivity contribution < 1.29 is 0 Å². The van der Waals surface area contributed by atoms with Crippen molar-refractivity contribution in [3.05, 3.63) is 70.6 Å². The molecule has 0 atom stereocenters. The van der Waals surface area contributed by atoms with E-state index in [1.807, 2.05) is 12.4 Å². The van der Waals surface area contributed by atoms with E-state index in [9.17, 15) is 0 Å². The van der Waals surface area contributed by atoms with Gasteiger partial charge in [0, 0.05) is 36.4 Å². The second-order valence-electron chi connectivity index (χ2n) is 6.88. The highest BCUT2D eigenvalue weighted by molar-refractivity contribution is 7.17. The van der Waals surface area contributed by atoms with E-state index in [1.54, 1.807) is 11.3 Å². The minimum Gasteiger partial charge on any atom is -0.356 e. The lowest BCUT2D eigenvalue weighted by Crippen LogP contribution is -2.26. The molecular weight excluding hydrogens is 400 g/mol. The van der Waals surface area contributed by atoms with Gasteiger partial charge in [0.15, 0.2) is 0 Å². The first-order valence-corrected chi connectivity index (χ1v) is 11.1. The maximum atomic E-state index is 6.29. The maximum absolute atomic E-state index is 6.29. The number of nitrogens with zero attached hydrogens (tertiary/aromatic N) is 4. The van der Waals surface area contributed by atoms with Crippen LogP contribution in [0.15, 0.2) is 54.2 Å². The first kappa shape index (κ1) is 19.8. The van der Waals surface area contributed by atoms with Crippen LogP contribution in [0.25, 0.3) is 21.3 Å². The zero-order valence-corrected chi connectivity index (χ0v) is 18.2. The van der Waals surface area contributed by atoms with E-state index < -0.39 is 0 Å². The van der Waals surface area contributed by atoms with E-state index >= 15 is 0 Å². The molecule has 4 aromatic rings. The highest BCUT2D eigenvalue weighted by atomic mass is 35.5. The van der Waals surface area contributed by atoms with E-state index in [0.29, 0.717) is 5.28 Å². The number of benzene rings is 1. The second-order valence-corrected chi connectivity index (χ2v) is 8.08. The average Bonchev–Trinajstić information content (AvgIpc) is 3.18. The lowest BCUT2D eigenvalue weighted by Gasteiger charge is -2.23. The predicted octanol–water partition coefficient (Wildman–Crippen LogP) is 6.04. The Bertz CT molecular complexity index is 1090. The molecule has 1 aromatic carbocycles. The summed E-state index contributed by atoms with van der Waals surface area (Å²) in [5.74, 6) is 0.910. The van der Waals surface area contributed by atoms with Crippen LogP contribution >= 0.6 is 22.9 Å². The minimum atomic E-state index is 0.296. The molecule has 6 heteroatoms. The average molecular weight is 423 g/mol. The van der Waals surface area contributed by atoms with Gasteiger partial charge < -0.3 is 4.90 Å². The summed E-state index contributed by atoms with van der Waals surface area (Å²) in [7, 11) is 0. The molecule has 0 amide bonds. The van der Waals surface area contributed by atoms with E-state index in [1.165, 1.54) is 22.3 Å². The van der Waals surface area contributed by atoms with Gasteiger partial charge in [0.1, 0.15) is 10.6 Å². The Labute approximate surface area is 180 Å². The van der Waals surface area contributed by atoms with Crippen molar-refractivity contribution in [3.63, 3.8) is 0 Å². The number of rotatable bonds is 7. The Morgan fingerprint density at radius 2 is 1.72 bits per heavy atom. The first-order chi connectivity index (χ1) is 14.2. The molecule has 4 nitrogen and oxygen atoms in total. The summed E-state index contributed by atoms with van der Waals surface area (Å²) in [6, 6.07) is 12.9. The molecule has 0 bridgehead atoms. The van der Waals surface area contributed by atoms with Crippen molar-refractivity contribution in [3.8, 4) is 11.1 Å². The van der Waals surface area contributed by atoms with Crippen LogP contribution < -0.4 is 4.90 Å². The fourth-order valence-electron chi connectivity index (χ4n) is 3.49. The van der Waals surface area contributed by atoms with Gasteiger partial charge in [0.25, 0.3) is 0 Å². The van der Waals surface area contributed by atoms with Crippen LogP contribution in [0.1, 0.15) is 25.0 Å². The fourth-order valence-corrected chi connectivity index (χ4v) is 4.64. The summed E-state index contributed by atoms with van der Waals surface area (Å²) >= 11 is 7.91. The van der Waals surface area contributed by atoms with Gasteiger partial charge in [-0.3, -0.25) is 4.98 Å². The highest BCUT2D eigenvalue weighted by Gasteiger charge is 2.19. The van der Waals surface area contributed by atoms with Crippen molar-refractivity contribution >= 4 is 39.0 Å². The molecule has 3 heterocycles. The fraction of sp³-hybridized carbons (Fsp3) is 0.261. The quantitative estimate of drug-likeness (QED) is 0.340. The first-order valence-electron chi connectivity index (χ1n) is 9.87. The molecule has 0 aliphatic rings. The van der Waals surface area contributed by atoms with Crippen molar-refractivity contribution in [1.29, 1.82) is 0 Å². The summed E-state index contributed by atoms with van der Waals surface area (Å²) < 4.78 is 0. The number of halogens is 1. The summed E-state index contributed by atoms with van der Waals surface area (Å²) in [6.45, 7) is 6.02. The van der Waals surface area contributed by atoms with Gasteiger partial charge in [0.2, 0.25) is 5.28 Å². The van der Waals surface area contributed by atoms with Crippen LogP contribution in [0.4, 0.5) is 5.82 Å². The highest BCUT2D eigenvalue weighted by Crippen LogP contribution is 2.39. The molecular formula is C23H23ClN4S. The molecule has 0 spiro atoms. The standard InChI is InChI=1S/C23H23ClN4S/c1-3-16-5-7-18(8-6-16)19-15-29-22-20(19)21(26-23(24)27-22)28(4-2)14-11-17-9-12-25-13-10-17/h5-10,12-13,15H,3-4,11,14H2,1-2H3. The summed E-state index contributed by atoms with van der Waals surface area (Å²) in [4.78, 5) is 16.5. The largest absolute Gasteiger partial charge is 0.356 e. The Balaban J connectivity index is 1.74. The molecule has 0 unspecified atom stereocenters. The number of aromatic nitrogens is 3. The number of anilines is 1. The van der Waals surface area contributed by atoms with Gasteiger partial charge >= 0.3 is 0 Å². The topological polar surface area (TPSA) is 41.9 Å². The second kappa shape index (κ2) is 8.89. The molecule has 0 N–H and O–H groups in total. The summed E-state index contributed by atoms with van der Waals surface area (Å²) in [5.41, 5.74) is 4.95. The molecule has 0 fully saturated rings.